The summed E-state index contributed by atoms with van der Waals surface area (Å²) >= 11 is 0. The molecule has 0 radical (unpaired) electrons. The molecule has 2 rings (SSSR count). The van der Waals surface area contributed by atoms with Crippen molar-refractivity contribution in [2.45, 2.75) is 19.5 Å². The fourth-order valence-electron chi connectivity index (χ4n) is 1.62. The van der Waals surface area contributed by atoms with Gasteiger partial charge in [0, 0.05) is 11.8 Å². The van der Waals surface area contributed by atoms with Crippen LogP contribution in [0.1, 0.15) is 18.2 Å². The van der Waals surface area contributed by atoms with Gasteiger partial charge in [-0.15, -0.1) is 0 Å². The molecule has 1 aromatic heterocycles. The molecule has 90 valence electrons. The molecule has 0 saturated carbocycles. The molecular weight excluding hydrogens is 229 g/mol. The van der Waals surface area contributed by atoms with Crippen molar-refractivity contribution in [3.8, 4) is 5.69 Å². The summed E-state index contributed by atoms with van der Waals surface area (Å²) in [4.78, 5) is 0. The molecule has 2 nitrogen and oxygen atoms in total. The first-order valence-corrected chi connectivity index (χ1v) is 5.23. The van der Waals surface area contributed by atoms with Crippen LogP contribution in [0.3, 0.4) is 0 Å². The van der Waals surface area contributed by atoms with Crippen LogP contribution < -0.4 is 0 Å². The minimum absolute atomic E-state index is 0.210. The summed E-state index contributed by atoms with van der Waals surface area (Å²) < 4.78 is 39.3. The van der Waals surface area contributed by atoms with Gasteiger partial charge in [-0.2, -0.15) is 18.3 Å². The second-order valence-electron chi connectivity index (χ2n) is 3.63. The molecule has 0 fully saturated rings. The van der Waals surface area contributed by atoms with Crippen LogP contribution in [-0.4, -0.2) is 9.78 Å². The zero-order valence-corrected chi connectivity index (χ0v) is 9.20. The highest BCUT2D eigenvalue weighted by Crippen LogP contribution is 2.31. The molecule has 0 bridgehead atoms. The van der Waals surface area contributed by atoms with Crippen LogP contribution >= 0.6 is 0 Å². The van der Waals surface area contributed by atoms with Crippen molar-refractivity contribution in [3.63, 3.8) is 0 Å². The lowest BCUT2D eigenvalue weighted by Gasteiger charge is -2.03. The van der Waals surface area contributed by atoms with Gasteiger partial charge in [0.05, 0.1) is 5.69 Å². The second-order valence-corrected chi connectivity index (χ2v) is 3.63. The summed E-state index contributed by atoms with van der Waals surface area (Å²) in [7, 11) is 0. The van der Waals surface area contributed by atoms with Crippen molar-refractivity contribution in [2.75, 3.05) is 0 Å². The monoisotopic (exact) mass is 240 g/mol. The Bertz CT molecular complexity index is 500. The standard InChI is InChI=1S/C12H11F3N2/c1-2-9-8-17(10-6-4-3-5-7-10)16-11(9)12(13,14)15/h3-8H,2H2,1H3. The minimum Gasteiger partial charge on any atom is -0.240 e. The Morgan fingerprint density at radius 1 is 1.18 bits per heavy atom. The highest BCUT2D eigenvalue weighted by molar-refractivity contribution is 5.33. The average Bonchev–Trinajstić information content (AvgIpc) is 2.74. The fraction of sp³-hybridized carbons (Fsp3) is 0.250. The Hall–Kier alpha value is -1.78. The molecule has 0 atom stereocenters. The molecule has 1 aromatic carbocycles. The third-order valence-electron chi connectivity index (χ3n) is 2.46. The summed E-state index contributed by atoms with van der Waals surface area (Å²) in [6.07, 6.45) is -2.66. The Balaban J connectivity index is 2.49. The van der Waals surface area contributed by atoms with E-state index in [1.54, 1.807) is 37.3 Å². The maximum absolute atomic E-state index is 12.7. The van der Waals surface area contributed by atoms with Crippen LogP contribution in [-0.2, 0) is 12.6 Å². The Labute approximate surface area is 96.7 Å². The van der Waals surface area contributed by atoms with Crippen LogP contribution in [0.4, 0.5) is 13.2 Å². The number of benzene rings is 1. The van der Waals surface area contributed by atoms with Crippen LogP contribution in [0.2, 0.25) is 0 Å². The van der Waals surface area contributed by atoms with Gasteiger partial charge in [0.2, 0.25) is 0 Å². The minimum atomic E-state index is -4.40. The van der Waals surface area contributed by atoms with Gasteiger partial charge in [-0.05, 0) is 18.6 Å². The van der Waals surface area contributed by atoms with Gasteiger partial charge in [-0.25, -0.2) is 4.68 Å². The molecule has 0 saturated heterocycles. The summed E-state index contributed by atoms with van der Waals surface area (Å²) in [5.41, 5.74) is 0.0305. The van der Waals surface area contributed by atoms with Gasteiger partial charge < -0.3 is 0 Å². The maximum atomic E-state index is 12.7. The smallest absolute Gasteiger partial charge is 0.240 e. The van der Waals surface area contributed by atoms with Gasteiger partial charge in [-0.3, -0.25) is 0 Å². The van der Waals surface area contributed by atoms with E-state index in [9.17, 15) is 13.2 Å². The molecule has 1 heterocycles. The lowest BCUT2D eigenvalue weighted by Crippen LogP contribution is -2.09. The molecule has 2 aromatic rings. The van der Waals surface area contributed by atoms with Crippen molar-refractivity contribution in [3.05, 3.63) is 47.8 Å². The van der Waals surface area contributed by atoms with Crippen LogP contribution in [0.25, 0.3) is 5.69 Å². The van der Waals surface area contributed by atoms with E-state index in [4.69, 9.17) is 0 Å². The SMILES string of the molecule is CCc1cn(-c2ccccc2)nc1C(F)(F)F. The molecule has 5 heteroatoms. The van der Waals surface area contributed by atoms with Crippen LogP contribution in [0, 0.1) is 0 Å². The molecule has 0 amide bonds. The van der Waals surface area contributed by atoms with Crippen molar-refractivity contribution in [1.29, 1.82) is 0 Å². The zero-order valence-electron chi connectivity index (χ0n) is 9.20. The number of rotatable bonds is 2. The van der Waals surface area contributed by atoms with Crippen molar-refractivity contribution < 1.29 is 13.2 Å². The molecule has 0 aliphatic carbocycles. The van der Waals surface area contributed by atoms with E-state index in [-0.39, 0.29) is 5.56 Å². The molecule has 0 unspecified atom stereocenters. The quantitative estimate of drug-likeness (QED) is 0.786. The molecule has 0 N–H and O–H groups in total. The maximum Gasteiger partial charge on any atom is 0.435 e. The lowest BCUT2D eigenvalue weighted by molar-refractivity contribution is -0.141. The lowest BCUT2D eigenvalue weighted by atomic mass is 10.2. The topological polar surface area (TPSA) is 17.8 Å². The third kappa shape index (κ3) is 2.33. The van der Waals surface area contributed by atoms with Crippen LogP contribution in [0.5, 0.6) is 0 Å². The normalized spacial score (nSPS) is 11.8. The summed E-state index contributed by atoms with van der Waals surface area (Å²) in [6, 6.07) is 8.75. The second kappa shape index (κ2) is 4.24. The van der Waals surface area contributed by atoms with E-state index in [1.165, 1.54) is 10.9 Å². The molecular formula is C12H11F3N2. The highest BCUT2D eigenvalue weighted by atomic mass is 19.4. The van der Waals surface area contributed by atoms with Crippen molar-refractivity contribution in [2.24, 2.45) is 0 Å². The van der Waals surface area contributed by atoms with E-state index in [0.29, 0.717) is 12.1 Å². The van der Waals surface area contributed by atoms with E-state index >= 15 is 0 Å². The predicted octanol–water partition coefficient (Wildman–Crippen LogP) is 3.45. The van der Waals surface area contributed by atoms with E-state index in [2.05, 4.69) is 5.10 Å². The van der Waals surface area contributed by atoms with Gasteiger partial charge >= 0.3 is 6.18 Å². The number of para-hydroxylation sites is 1. The zero-order chi connectivity index (χ0) is 12.5. The molecule has 0 spiro atoms. The number of hydrogen-bond donors (Lipinski definition) is 0. The van der Waals surface area contributed by atoms with Crippen LogP contribution in [0.15, 0.2) is 36.5 Å². The first-order chi connectivity index (χ1) is 8.02. The van der Waals surface area contributed by atoms with Crippen molar-refractivity contribution in [1.82, 2.24) is 9.78 Å². The summed E-state index contributed by atoms with van der Waals surface area (Å²) in [5.74, 6) is 0. The number of aromatic nitrogens is 2. The van der Waals surface area contributed by atoms with Gasteiger partial charge in [0.15, 0.2) is 5.69 Å². The summed E-state index contributed by atoms with van der Waals surface area (Å²) in [5, 5.41) is 3.61. The molecule has 0 aliphatic rings. The molecule has 0 aliphatic heterocycles. The number of alkyl halides is 3. The number of aryl methyl sites for hydroxylation is 1. The fourth-order valence-corrected chi connectivity index (χ4v) is 1.62. The largest absolute Gasteiger partial charge is 0.435 e. The Morgan fingerprint density at radius 2 is 1.82 bits per heavy atom. The van der Waals surface area contributed by atoms with E-state index in [1.807, 2.05) is 0 Å². The van der Waals surface area contributed by atoms with Gasteiger partial charge in [-0.1, -0.05) is 25.1 Å². The van der Waals surface area contributed by atoms with Gasteiger partial charge in [0.25, 0.3) is 0 Å². The Kier molecular flexibility index (Phi) is 2.92. The average molecular weight is 240 g/mol. The van der Waals surface area contributed by atoms with E-state index < -0.39 is 11.9 Å². The number of nitrogens with zero attached hydrogens (tertiary/aromatic N) is 2. The predicted molar refractivity (Wildman–Crippen MR) is 57.9 cm³/mol. The first kappa shape index (κ1) is 11.7. The number of hydrogen-bond acceptors (Lipinski definition) is 1. The highest BCUT2D eigenvalue weighted by Gasteiger charge is 2.36. The number of halogens is 3. The summed E-state index contributed by atoms with van der Waals surface area (Å²) in [6.45, 7) is 1.68. The molecule has 17 heavy (non-hydrogen) atoms. The Morgan fingerprint density at radius 3 is 2.29 bits per heavy atom. The third-order valence-corrected chi connectivity index (χ3v) is 2.46. The van der Waals surface area contributed by atoms with E-state index in [0.717, 1.165) is 0 Å². The first-order valence-electron chi connectivity index (χ1n) is 5.23. The van der Waals surface area contributed by atoms with Gasteiger partial charge in [0.1, 0.15) is 0 Å². The van der Waals surface area contributed by atoms with Crippen molar-refractivity contribution >= 4 is 0 Å².